The number of aryl methyl sites for hydroxylation is 1. The first kappa shape index (κ1) is 14.7. The highest BCUT2D eigenvalue weighted by Gasteiger charge is 2.26. The van der Waals surface area contributed by atoms with E-state index in [9.17, 15) is 4.39 Å². The van der Waals surface area contributed by atoms with Crippen LogP contribution in [0.3, 0.4) is 0 Å². The number of alkyl halides is 1. The van der Waals surface area contributed by atoms with Gasteiger partial charge < -0.3 is 4.90 Å². The van der Waals surface area contributed by atoms with Gasteiger partial charge in [-0.05, 0) is 38.3 Å². The van der Waals surface area contributed by atoms with Crippen LogP contribution >= 0.6 is 0 Å². The van der Waals surface area contributed by atoms with Crippen molar-refractivity contribution in [1.82, 2.24) is 4.90 Å². The van der Waals surface area contributed by atoms with Crippen molar-refractivity contribution in [1.29, 1.82) is 0 Å². The van der Waals surface area contributed by atoms with Crippen LogP contribution in [0.5, 0.6) is 0 Å². The van der Waals surface area contributed by atoms with Gasteiger partial charge in [-0.15, -0.1) is 0 Å². The molecule has 1 rings (SSSR count). The Bertz CT molecular complexity index is 400. The lowest BCUT2D eigenvalue weighted by Gasteiger charge is -2.33. The minimum absolute atomic E-state index is 0.124. The highest BCUT2D eigenvalue weighted by Crippen LogP contribution is 2.29. The van der Waals surface area contributed by atoms with E-state index >= 15 is 0 Å². The minimum Gasteiger partial charge on any atom is -0.369 e. The van der Waals surface area contributed by atoms with Gasteiger partial charge in [0.15, 0.2) is 0 Å². The first-order valence-corrected chi connectivity index (χ1v) is 6.47. The molecule has 0 aliphatic rings. The van der Waals surface area contributed by atoms with Gasteiger partial charge in [0.25, 0.3) is 0 Å². The normalized spacial score (nSPS) is 13.2. The van der Waals surface area contributed by atoms with Gasteiger partial charge in [0.05, 0.1) is 6.04 Å². The van der Waals surface area contributed by atoms with Crippen LogP contribution in [-0.4, -0.2) is 17.6 Å². The molecule has 0 aromatic heterocycles. The van der Waals surface area contributed by atoms with Gasteiger partial charge in [-0.25, -0.2) is 4.39 Å². The van der Waals surface area contributed by atoms with E-state index in [0.29, 0.717) is 5.70 Å². The highest BCUT2D eigenvalue weighted by molar-refractivity contribution is 5.26. The molecule has 1 nitrogen and oxygen atoms in total. The monoisotopic (exact) mass is 249 g/mol. The Morgan fingerprint density at radius 1 is 1.33 bits per heavy atom. The number of rotatable bonds is 5. The van der Waals surface area contributed by atoms with Crippen molar-refractivity contribution >= 4 is 0 Å². The molecule has 0 amide bonds. The largest absolute Gasteiger partial charge is 0.369 e. The van der Waals surface area contributed by atoms with Crippen LogP contribution in [0.4, 0.5) is 4.39 Å². The Balaban J connectivity index is 2.86. The molecule has 0 aliphatic heterocycles. The lowest BCUT2D eigenvalue weighted by atomic mass is 10.0. The molecule has 0 bridgehead atoms. The van der Waals surface area contributed by atoms with Gasteiger partial charge >= 0.3 is 0 Å². The summed E-state index contributed by atoms with van der Waals surface area (Å²) < 4.78 is 13.9. The molecule has 0 radical (unpaired) electrons. The van der Waals surface area contributed by atoms with Crippen molar-refractivity contribution in [2.75, 3.05) is 7.05 Å². The summed E-state index contributed by atoms with van der Waals surface area (Å²) in [6.07, 6.45) is 1.04. The number of hydrogen-bond donors (Lipinski definition) is 0. The Hall–Kier alpha value is -1.31. The molecular weight excluding hydrogens is 225 g/mol. The fourth-order valence-corrected chi connectivity index (χ4v) is 1.91. The van der Waals surface area contributed by atoms with Crippen LogP contribution in [0.2, 0.25) is 0 Å². The van der Waals surface area contributed by atoms with Crippen LogP contribution < -0.4 is 0 Å². The molecule has 100 valence electrons. The molecule has 1 aromatic rings. The first-order valence-electron chi connectivity index (χ1n) is 6.47. The van der Waals surface area contributed by atoms with Crippen molar-refractivity contribution in [3.05, 3.63) is 47.7 Å². The Kier molecular flexibility index (Phi) is 4.55. The van der Waals surface area contributed by atoms with Crippen molar-refractivity contribution in [2.45, 2.75) is 45.8 Å². The van der Waals surface area contributed by atoms with Crippen molar-refractivity contribution in [3.8, 4) is 0 Å². The second-order valence-corrected chi connectivity index (χ2v) is 5.30. The zero-order chi connectivity index (χ0) is 13.9. The zero-order valence-corrected chi connectivity index (χ0v) is 12.1. The van der Waals surface area contributed by atoms with Crippen molar-refractivity contribution in [3.63, 3.8) is 0 Å². The van der Waals surface area contributed by atoms with E-state index in [1.165, 1.54) is 11.1 Å². The number of halogens is 1. The molecule has 1 atom stereocenters. The summed E-state index contributed by atoms with van der Waals surface area (Å²) in [6.45, 7) is 11.1. The first-order chi connectivity index (χ1) is 8.27. The molecule has 0 fully saturated rings. The Morgan fingerprint density at radius 2 is 1.83 bits per heavy atom. The number of hydrogen-bond acceptors (Lipinski definition) is 1. The molecular formula is C16H24FN. The molecule has 18 heavy (non-hydrogen) atoms. The summed E-state index contributed by atoms with van der Waals surface area (Å²) >= 11 is 0. The molecule has 0 N–H and O–H groups in total. The number of allylic oxidation sites excluding steroid dienone is 1. The quantitative estimate of drug-likeness (QED) is 0.742. The SMILES string of the molecule is C=C(N(C)C(C)c1ccc(CC)cc1)C(C)(C)F. The second-order valence-electron chi connectivity index (χ2n) is 5.30. The van der Waals surface area contributed by atoms with Gasteiger partial charge in [-0.2, -0.15) is 0 Å². The van der Waals surface area contributed by atoms with E-state index in [1.807, 2.05) is 11.9 Å². The van der Waals surface area contributed by atoms with Crippen LogP contribution in [0.25, 0.3) is 0 Å². The molecule has 0 saturated carbocycles. The number of nitrogens with zero attached hydrogens (tertiary/aromatic N) is 1. The minimum atomic E-state index is -1.38. The van der Waals surface area contributed by atoms with E-state index in [2.05, 4.69) is 44.7 Å². The topological polar surface area (TPSA) is 3.24 Å². The van der Waals surface area contributed by atoms with Gasteiger partial charge in [0.2, 0.25) is 0 Å². The smallest absolute Gasteiger partial charge is 0.144 e. The number of benzene rings is 1. The maximum Gasteiger partial charge on any atom is 0.144 e. The van der Waals surface area contributed by atoms with Crippen molar-refractivity contribution in [2.24, 2.45) is 0 Å². The fourth-order valence-electron chi connectivity index (χ4n) is 1.91. The predicted octanol–water partition coefficient (Wildman–Crippen LogP) is 4.50. The molecule has 2 heteroatoms. The van der Waals surface area contributed by atoms with Gasteiger partial charge in [-0.3, -0.25) is 0 Å². The fraction of sp³-hybridized carbons (Fsp3) is 0.500. The average molecular weight is 249 g/mol. The van der Waals surface area contributed by atoms with Crippen LogP contribution in [0, 0.1) is 0 Å². The molecule has 0 aliphatic carbocycles. The van der Waals surface area contributed by atoms with Gasteiger partial charge in [0.1, 0.15) is 5.67 Å². The van der Waals surface area contributed by atoms with E-state index in [4.69, 9.17) is 0 Å². The maximum atomic E-state index is 13.9. The summed E-state index contributed by atoms with van der Waals surface area (Å²) in [4.78, 5) is 1.90. The molecule has 1 unspecified atom stereocenters. The Labute approximate surface area is 110 Å². The van der Waals surface area contributed by atoms with Crippen LogP contribution in [0.1, 0.15) is 44.9 Å². The van der Waals surface area contributed by atoms with Crippen molar-refractivity contribution < 1.29 is 4.39 Å². The third-order valence-corrected chi connectivity index (χ3v) is 3.56. The summed E-state index contributed by atoms with van der Waals surface area (Å²) in [5.41, 5.74) is 1.62. The van der Waals surface area contributed by atoms with Crippen LogP contribution in [0.15, 0.2) is 36.5 Å². The average Bonchev–Trinajstić information content (AvgIpc) is 2.35. The molecule has 0 spiro atoms. The lowest BCUT2D eigenvalue weighted by Crippen LogP contribution is -2.31. The summed E-state index contributed by atoms with van der Waals surface area (Å²) in [5.74, 6) is 0. The maximum absolute atomic E-state index is 13.9. The highest BCUT2D eigenvalue weighted by atomic mass is 19.1. The standard InChI is InChI=1S/C16H24FN/c1-7-14-8-10-15(11-9-14)12(2)18(6)13(3)16(4,5)17/h8-12H,3,7H2,1-2,4-6H3. The molecule has 0 saturated heterocycles. The summed E-state index contributed by atoms with van der Waals surface area (Å²) in [7, 11) is 1.89. The van der Waals surface area contributed by atoms with E-state index < -0.39 is 5.67 Å². The zero-order valence-electron chi connectivity index (χ0n) is 12.1. The molecule has 0 heterocycles. The second kappa shape index (κ2) is 5.55. The lowest BCUT2D eigenvalue weighted by molar-refractivity contribution is 0.183. The van der Waals surface area contributed by atoms with Gasteiger partial charge in [-0.1, -0.05) is 37.8 Å². The summed E-state index contributed by atoms with van der Waals surface area (Å²) in [6, 6.07) is 8.60. The van der Waals surface area contributed by atoms with E-state index in [1.54, 1.807) is 13.8 Å². The van der Waals surface area contributed by atoms with E-state index in [0.717, 1.165) is 6.42 Å². The third kappa shape index (κ3) is 3.34. The Morgan fingerprint density at radius 3 is 2.22 bits per heavy atom. The van der Waals surface area contributed by atoms with E-state index in [-0.39, 0.29) is 6.04 Å². The third-order valence-electron chi connectivity index (χ3n) is 3.56. The van der Waals surface area contributed by atoms with Gasteiger partial charge in [0, 0.05) is 12.7 Å². The molecule has 1 aromatic carbocycles. The van der Waals surface area contributed by atoms with Crippen LogP contribution in [-0.2, 0) is 6.42 Å². The summed E-state index contributed by atoms with van der Waals surface area (Å²) in [5, 5.41) is 0. The predicted molar refractivity (Wildman–Crippen MR) is 76.3 cm³/mol.